The minimum Gasteiger partial charge on any atom is -0.390 e. The Labute approximate surface area is 195 Å². The quantitative estimate of drug-likeness (QED) is 0.483. The van der Waals surface area contributed by atoms with Crippen LogP contribution in [0.3, 0.4) is 0 Å². The number of nitrogens with zero attached hydrogens (tertiary/aromatic N) is 7. The highest BCUT2D eigenvalue weighted by atomic mass is 16.3. The number of hydrogen-bond donors (Lipinski definition) is 2. The van der Waals surface area contributed by atoms with Gasteiger partial charge in [-0.2, -0.15) is 10.1 Å². The van der Waals surface area contributed by atoms with E-state index in [2.05, 4.69) is 20.4 Å². The van der Waals surface area contributed by atoms with Crippen LogP contribution in [0.15, 0.2) is 29.6 Å². The maximum Gasteiger partial charge on any atom is 0.330 e. The summed E-state index contributed by atoms with van der Waals surface area (Å²) >= 11 is 0. The molecule has 2 atom stereocenters. The summed E-state index contributed by atoms with van der Waals surface area (Å²) in [5, 5.41) is 18.7. The van der Waals surface area contributed by atoms with Crippen molar-refractivity contribution in [3.8, 4) is 0 Å². The average molecular weight is 461 g/mol. The van der Waals surface area contributed by atoms with Crippen LogP contribution >= 0.6 is 0 Å². The predicted octanol–water partition coefficient (Wildman–Crippen LogP) is 2.51. The summed E-state index contributed by atoms with van der Waals surface area (Å²) in [6, 6.07) is 1.95. The standard InChI is InChI=1S/C24H28N8O2/c1-13-4-19-26-12-27-31(19)11-17(13)28-21-25-10-18-20(29-21)32(22(33)30(18)3)24-7-14-5-15(8-24)23(2,34)16(6-14)9-24/h4,10-12,14-16,34H,5-9H2,1-3H3,(H,25,28,29). The molecular formula is C24H28N8O2. The van der Waals surface area contributed by atoms with Gasteiger partial charge in [0.1, 0.15) is 11.8 Å². The minimum atomic E-state index is -0.645. The summed E-state index contributed by atoms with van der Waals surface area (Å²) in [6.45, 7) is 3.99. The highest BCUT2D eigenvalue weighted by Gasteiger charge is 2.61. The van der Waals surface area contributed by atoms with E-state index < -0.39 is 5.60 Å². The third-order valence-electron chi connectivity index (χ3n) is 8.95. The van der Waals surface area contributed by atoms with Crippen molar-refractivity contribution in [3.05, 3.63) is 40.8 Å². The molecule has 34 heavy (non-hydrogen) atoms. The smallest absolute Gasteiger partial charge is 0.330 e. The maximum absolute atomic E-state index is 13.6. The zero-order chi connectivity index (χ0) is 23.4. The number of nitrogens with one attached hydrogen (secondary N) is 1. The van der Waals surface area contributed by atoms with Crippen molar-refractivity contribution >= 4 is 28.4 Å². The summed E-state index contributed by atoms with van der Waals surface area (Å²) in [5.74, 6) is 1.43. The fraction of sp³-hybridized carbons (Fsp3) is 0.542. The molecule has 10 heteroatoms. The summed E-state index contributed by atoms with van der Waals surface area (Å²) < 4.78 is 5.29. The lowest BCUT2D eigenvalue weighted by Gasteiger charge is -2.62. The molecule has 0 aliphatic heterocycles. The van der Waals surface area contributed by atoms with E-state index in [-0.39, 0.29) is 23.1 Å². The molecule has 0 spiro atoms. The molecule has 176 valence electrons. The van der Waals surface area contributed by atoms with Gasteiger partial charge >= 0.3 is 5.69 Å². The highest BCUT2D eigenvalue weighted by molar-refractivity contribution is 5.73. The topological polar surface area (TPSA) is 115 Å². The van der Waals surface area contributed by atoms with E-state index >= 15 is 0 Å². The van der Waals surface area contributed by atoms with Crippen molar-refractivity contribution in [2.45, 2.75) is 57.1 Å². The van der Waals surface area contributed by atoms with Crippen LogP contribution in [-0.4, -0.2) is 44.4 Å². The third kappa shape index (κ3) is 2.57. The Bertz CT molecular complexity index is 1510. The molecule has 0 radical (unpaired) electrons. The van der Waals surface area contributed by atoms with E-state index in [4.69, 9.17) is 4.98 Å². The first-order valence-corrected chi connectivity index (χ1v) is 12.0. The highest BCUT2D eigenvalue weighted by Crippen LogP contribution is 2.62. The summed E-state index contributed by atoms with van der Waals surface area (Å²) in [6.07, 6.45) is 9.83. The van der Waals surface area contributed by atoms with Gasteiger partial charge < -0.3 is 10.4 Å². The molecule has 4 aromatic heterocycles. The number of rotatable bonds is 3. The Balaban J connectivity index is 1.35. The zero-order valence-electron chi connectivity index (χ0n) is 19.6. The van der Waals surface area contributed by atoms with Crippen LogP contribution in [0.2, 0.25) is 0 Å². The molecule has 0 amide bonds. The van der Waals surface area contributed by atoms with Crippen LogP contribution in [-0.2, 0) is 12.6 Å². The molecule has 4 aliphatic carbocycles. The lowest BCUT2D eigenvalue weighted by atomic mass is 9.47. The van der Waals surface area contributed by atoms with E-state index in [0.29, 0.717) is 17.5 Å². The van der Waals surface area contributed by atoms with Gasteiger partial charge in [-0.25, -0.2) is 19.3 Å². The van der Waals surface area contributed by atoms with E-state index in [9.17, 15) is 9.90 Å². The molecule has 10 nitrogen and oxygen atoms in total. The van der Waals surface area contributed by atoms with Gasteiger partial charge in [0.15, 0.2) is 11.3 Å². The van der Waals surface area contributed by atoms with Gasteiger partial charge in [-0.3, -0.25) is 9.13 Å². The summed E-state index contributed by atoms with van der Waals surface area (Å²) in [4.78, 5) is 27.2. The predicted molar refractivity (Wildman–Crippen MR) is 126 cm³/mol. The molecule has 2 unspecified atom stereocenters. The molecule has 4 aromatic rings. The van der Waals surface area contributed by atoms with Crippen molar-refractivity contribution in [1.29, 1.82) is 0 Å². The van der Waals surface area contributed by atoms with Gasteiger partial charge in [0, 0.05) is 7.05 Å². The van der Waals surface area contributed by atoms with Crippen LogP contribution < -0.4 is 11.0 Å². The van der Waals surface area contributed by atoms with Crippen molar-refractivity contribution in [3.63, 3.8) is 0 Å². The van der Waals surface area contributed by atoms with E-state index in [1.54, 1.807) is 22.3 Å². The maximum atomic E-state index is 13.6. The number of fused-ring (bicyclic) bond motifs is 2. The summed E-state index contributed by atoms with van der Waals surface area (Å²) in [7, 11) is 1.79. The molecule has 0 saturated heterocycles. The lowest BCUT2D eigenvalue weighted by molar-refractivity contribution is -0.185. The second-order valence-electron chi connectivity index (χ2n) is 10.9. The largest absolute Gasteiger partial charge is 0.390 e. The first-order valence-electron chi connectivity index (χ1n) is 12.0. The van der Waals surface area contributed by atoms with Crippen LogP contribution in [0.5, 0.6) is 0 Å². The fourth-order valence-corrected chi connectivity index (χ4v) is 7.24. The molecule has 2 N–H and O–H groups in total. The summed E-state index contributed by atoms with van der Waals surface area (Å²) in [5.41, 5.74) is 2.99. The average Bonchev–Trinajstić information content (AvgIpc) is 3.34. The van der Waals surface area contributed by atoms with Gasteiger partial charge in [-0.1, -0.05) is 0 Å². The Hall–Kier alpha value is -3.27. The van der Waals surface area contributed by atoms with Crippen molar-refractivity contribution in [1.82, 2.24) is 33.7 Å². The Kier molecular flexibility index (Phi) is 3.81. The number of hydrogen-bond acceptors (Lipinski definition) is 7. The van der Waals surface area contributed by atoms with Gasteiger partial charge in [-0.15, -0.1) is 0 Å². The molecule has 4 fully saturated rings. The Morgan fingerprint density at radius 3 is 2.71 bits per heavy atom. The van der Waals surface area contributed by atoms with Crippen LogP contribution in [0.25, 0.3) is 16.8 Å². The van der Waals surface area contributed by atoms with Crippen molar-refractivity contribution in [2.75, 3.05) is 5.32 Å². The van der Waals surface area contributed by atoms with Gasteiger partial charge in [0.05, 0.1) is 29.2 Å². The molecule has 4 aliphatic rings. The molecule has 4 saturated carbocycles. The van der Waals surface area contributed by atoms with Crippen molar-refractivity contribution < 1.29 is 5.11 Å². The first-order chi connectivity index (χ1) is 16.2. The molecule has 4 bridgehead atoms. The SMILES string of the molecule is Cc1cc2ncnn2cc1Nc1ncc2c(n1)n(C13CC4CC(C1)C(C)(O)C(C4)C3)c(=O)n2C. The number of imidazole rings is 1. The Morgan fingerprint density at radius 1 is 1.18 bits per heavy atom. The monoisotopic (exact) mass is 460 g/mol. The Morgan fingerprint density at radius 2 is 1.94 bits per heavy atom. The van der Waals surface area contributed by atoms with Crippen LogP contribution in [0.1, 0.15) is 44.6 Å². The number of anilines is 2. The second kappa shape index (κ2) is 6.44. The number of aromatic nitrogens is 7. The van der Waals surface area contributed by atoms with Crippen LogP contribution in [0.4, 0.5) is 11.6 Å². The van der Waals surface area contributed by atoms with E-state index in [1.165, 1.54) is 6.33 Å². The second-order valence-corrected chi connectivity index (χ2v) is 10.9. The molecule has 8 rings (SSSR count). The van der Waals surface area contributed by atoms with E-state index in [1.807, 2.05) is 30.7 Å². The third-order valence-corrected chi connectivity index (χ3v) is 8.95. The number of pyridine rings is 1. The minimum absolute atomic E-state index is 0.0525. The fourth-order valence-electron chi connectivity index (χ4n) is 7.24. The number of aliphatic hydroxyl groups is 1. The van der Waals surface area contributed by atoms with Gasteiger partial charge in [0.2, 0.25) is 5.95 Å². The number of aryl methyl sites for hydroxylation is 2. The van der Waals surface area contributed by atoms with Crippen molar-refractivity contribution in [2.24, 2.45) is 24.8 Å². The zero-order valence-corrected chi connectivity index (χ0v) is 19.6. The first kappa shape index (κ1) is 20.1. The van der Waals surface area contributed by atoms with Gasteiger partial charge in [-0.05, 0) is 75.3 Å². The molecular weight excluding hydrogens is 432 g/mol. The van der Waals surface area contributed by atoms with E-state index in [0.717, 1.165) is 54.5 Å². The normalized spacial score (nSPS) is 32.2. The molecule has 4 heterocycles. The molecule has 0 aromatic carbocycles. The van der Waals surface area contributed by atoms with Gasteiger partial charge in [0.25, 0.3) is 0 Å². The van der Waals surface area contributed by atoms with Crippen LogP contribution in [0, 0.1) is 24.7 Å². The lowest BCUT2D eigenvalue weighted by Crippen LogP contribution is -2.64.